The quantitative estimate of drug-likeness (QED) is 0.655. The van der Waals surface area contributed by atoms with Gasteiger partial charge in [-0.1, -0.05) is 6.58 Å². The van der Waals surface area contributed by atoms with Gasteiger partial charge in [-0.25, -0.2) is 4.98 Å². The number of morpholine rings is 1. The number of aromatic nitrogens is 2. The predicted molar refractivity (Wildman–Crippen MR) is 138 cm³/mol. The lowest BCUT2D eigenvalue weighted by Gasteiger charge is -2.43. The molecule has 0 unspecified atom stereocenters. The smallest absolute Gasteiger partial charge is 0.246 e. The second-order valence-corrected chi connectivity index (χ2v) is 10.2. The number of nitrogens with zero attached hydrogens (tertiary/aromatic N) is 5. The molecule has 9 heteroatoms. The first kappa shape index (κ1) is 23.2. The maximum absolute atomic E-state index is 11.8. The summed E-state index contributed by atoms with van der Waals surface area (Å²) in [5.74, 6) is 2.02. The highest BCUT2D eigenvalue weighted by atomic mass is 16.5. The molecule has 2 atom stereocenters. The molecule has 6 rings (SSSR count). The van der Waals surface area contributed by atoms with E-state index in [0.717, 1.165) is 98.8 Å². The molecule has 3 saturated heterocycles. The van der Waals surface area contributed by atoms with Crippen LogP contribution in [-0.4, -0.2) is 84.2 Å². The topological polar surface area (TPSA) is 83.1 Å². The number of fused-ring (bicyclic) bond motifs is 2. The Morgan fingerprint density at radius 2 is 2.03 bits per heavy atom. The number of carbonyl (C=O) groups excluding carboxylic acids is 1. The van der Waals surface area contributed by atoms with Gasteiger partial charge in [-0.3, -0.25) is 14.7 Å². The zero-order valence-electron chi connectivity index (χ0n) is 21.1. The van der Waals surface area contributed by atoms with Crippen molar-refractivity contribution in [3.63, 3.8) is 0 Å². The SMILES string of the molecule is C=CC(=O)N1CC(N2CC[C@@H](c3cc4c(c(C)n3)O[C@H](C)c3c(N5CCOCC5)ccnc3N4)C2)C1. The molecule has 2 aromatic heterocycles. The van der Waals surface area contributed by atoms with Gasteiger partial charge in [-0.2, -0.15) is 0 Å². The highest BCUT2D eigenvalue weighted by molar-refractivity contribution is 5.87. The molecule has 0 spiro atoms. The van der Waals surface area contributed by atoms with E-state index in [1.807, 2.05) is 18.0 Å². The molecule has 9 nitrogen and oxygen atoms in total. The molecule has 6 heterocycles. The lowest BCUT2D eigenvalue weighted by molar-refractivity contribution is -0.132. The number of pyridine rings is 2. The van der Waals surface area contributed by atoms with E-state index in [1.54, 1.807) is 0 Å². The summed E-state index contributed by atoms with van der Waals surface area (Å²) in [4.78, 5) is 28.2. The van der Waals surface area contributed by atoms with Crippen molar-refractivity contribution in [3.05, 3.63) is 47.9 Å². The minimum Gasteiger partial charge on any atom is -0.482 e. The first-order chi connectivity index (χ1) is 17.5. The van der Waals surface area contributed by atoms with E-state index in [0.29, 0.717) is 12.0 Å². The zero-order chi connectivity index (χ0) is 24.8. The standard InChI is InChI=1S/C27H34N6O3/c1-4-24(34)33-15-20(16-33)32-8-6-19(14-32)21-13-22-26(17(2)29-21)36-18(3)25-23(5-7-28-27(25)30-22)31-9-11-35-12-10-31/h4-5,7,13,18-20H,1,6,8-12,14-16H2,2-3H3,(H,28,30)/t18-,19-/m1/s1. The van der Waals surface area contributed by atoms with E-state index < -0.39 is 0 Å². The van der Waals surface area contributed by atoms with E-state index in [-0.39, 0.29) is 12.0 Å². The predicted octanol–water partition coefficient (Wildman–Crippen LogP) is 3.00. The normalized spacial score (nSPS) is 24.2. The Morgan fingerprint density at radius 1 is 1.22 bits per heavy atom. The van der Waals surface area contributed by atoms with Crippen LogP contribution in [0, 0.1) is 6.92 Å². The number of ether oxygens (including phenoxy) is 2. The number of hydrogen-bond donors (Lipinski definition) is 1. The van der Waals surface area contributed by atoms with Crippen molar-refractivity contribution < 1.29 is 14.3 Å². The highest BCUT2D eigenvalue weighted by Gasteiger charge is 2.38. The molecule has 2 aromatic rings. The molecule has 190 valence electrons. The van der Waals surface area contributed by atoms with Crippen LogP contribution in [0.15, 0.2) is 31.0 Å². The van der Waals surface area contributed by atoms with Crippen LogP contribution in [0.1, 0.15) is 42.3 Å². The van der Waals surface area contributed by atoms with Gasteiger partial charge in [-0.15, -0.1) is 0 Å². The van der Waals surface area contributed by atoms with Crippen molar-refractivity contribution in [1.82, 2.24) is 19.8 Å². The van der Waals surface area contributed by atoms with Crippen molar-refractivity contribution in [2.45, 2.75) is 38.3 Å². The van der Waals surface area contributed by atoms with Gasteiger partial charge in [0.15, 0.2) is 5.75 Å². The average Bonchev–Trinajstić information content (AvgIpc) is 3.29. The average molecular weight is 491 g/mol. The second kappa shape index (κ2) is 9.37. The van der Waals surface area contributed by atoms with Crippen LogP contribution in [0.25, 0.3) is 0 Å². The summed E-state index contributed by atoms with van der Waals surface area (Å²) in [6.07, 6.45) is 4.17. The number of rotatable bonds is 4. The van der Waals surface area contributed by atoms with E-state index in [2.05, 4.69) is 40.8 Å². The Kier molecular flexibility index (Phi) is 6.05. The second-order valence-electron chi connectivity index (χ2n) is 10.2. The molecule has 0 radical (unpaired) electrons. The number of nitrogens with one attached hydrogen (secondary N) is 1. The van der Waals surface area contributed by atoms with Crippen molar-refractivity contribution in [2.24, 2.45) is 0 Å². The van der Waals surface area contributed by atoms with E-state index >= 15 is 0 Å². The molecule has 1 amide bonds. The Morgan fingerprint density at radius 3 is 2.81 bits per heavy atom. The molecular formula is C27H34N6O3. The lowest BCUT2D eigenvalue weighted by Crippen LogP contribution is -2.60. The lowest BCUT2D eigenvalue weighted by atomic mass is 10.0. The third-order valence-electron chi connectivity index (χ3n) is 7.94. The minimum absolute atomic E-state index is 0.0241. The fourth-order valence-electron chi connectivity index (χ4n) is 5.90. The summed E-state index contributed by atoms with van der Waals surface area (Å²) in [6.45, 7) is 14.4. The fraction of sp³-hybridized carbons (Fsp3) is 0.519. The maximum atomic E-state index is 11.8. The molecule has 4 aliphatic rings. The molecule has 0 saturated carbocycles. The zero-order valence-corrected chi connectivity index (χ0v) is 21.1. The van der Waals surface area contributed by atoms with Gasteiger partial charge in [0, 0.05) is 62.3 Å². The summed E-state index contributed by atoms with van der Waals surface area (Å²) < 4.78 is 12.1. The van der Waals surface area contributed by atoms with Crippen LogP contribution in [0.2, 0.25) is 0 Å². The molecular weight excluding hydrogens is 456 g/mol. The summed E-state index contributed by atoms with van der Waals surface area (Å²) >= 11 is 0. The van der Waals surface area contributed by atoms with Gasteiger partial charge in [0.1, 0.15) is 11.9 Å². The first-order valence-electron chi connectivity index (χ1n) is 12.9. The van der Waals surface area contributed by atoms with Crippen molar-refractivity contribution in [1.29, 1.82) is 0 Å². The first-order valence-corrected chi connectivity index (χ1v) is 12.9. The molecule has 4 aliphatic heterocycles. The molecule has 36 heavy (non-hydrogen) atoms. The number of anilines is 3. The number of carbonyl (C=O) groups is 1. The van der Waals surface area contributed by atoms with E-state index in [1.165, 1.54) is 6.08 Å². The van der Waals surface area contributed by atoms with Crippen LogP contribution >= 0.6 is 0 Å². The molecule has 1 N–H and O–H groups in total. The highest BCUT2D eigenvalue weighted by Crippen LogP contribution is 2.44. The Labute approximate surface area is 212 Å². The fourth-order valence-corrected chi connectivity index (χ4v) is 5.90. The molecule has 3 fully saturated rings. The Bertz CT molecular complexity index is 1170. The minimum atomic E-state index is -0.159. The summed E-state index contributed by atoms with van der Waals surface area (Å²) in [7, 11) is 0. The Hall–Kier alpha value is -3.17. The van der Waals surface area contributed by atoms with Gasteiger partial charge in [-0.05, 0) is 45.0 Å². The Balaban J connectivity index is 1.23. The largest absolute Gasteiger partial charge is 0.482 e. The van der Waals surface area contributed by atoms with E-state index in [4.69, 9.17) is 19.4 Å². The number of hydrogen-bond acceptors (Lipinski definition) is 8. The number of aryl methyl sites for hydroxylation is 1. The van der Waals surface area contributed by atoms with E-state index in [9.17, 15) is 4.79 Å². The van der Waals surface area contributed by atoms with Gasteiger partial charge >= 0.3 is 0 Å². The summed E-state index contributed by atoms with van der Waals surface area (Å²) in [5.41, 5.74) is 5.14. The van der Waals surface area contributed by atoms with Gasteiger partial charge in [0.2, 0.25) is 5.91 Å². The number of likely N-dealkylation sites (tertiary alicyclic amines) is 2. The maximum Gasteiger partial charge on any atom is 0.246 e. The molecule has 0 aliphatic carbocycles. The van der Waals surface area contributed by atoms with Crippen LogP contribution in [0.4, 0.5) is 17.2 Å². The summed E-state index contributed by atoms with van der Waals surface area (Å²) in [5, 5.41) is 3.60. The van der Waals surface area contributed by atoms with Crippen molar-refractivity contribution in [2.75, 3.05) is 62.7 Å². The molecule has 0 aromatic carbocycles. The summed E-state index contributed by atoms with van der Waals surface area (Å²) in [6, 6.07) is 4.66. The third-order valence-corrected chi connectivity index (χ3v) is 7.94. The van der Waals surface area contributed by atoms with Gasteiger partial charge in [0.05, 0.1) is 30.2 Å². The number of amides is 1. The van der Waals surface area contributed by atoms with Crippen molar-refractivity contribution >= 4 is 23.1 Å². The van der Waals surface area contributed by atoms with Crippen LogP contribution < -0.4 is 15.0 Å². The third kappa shape index (κ3) is 4.10. The monoisotopic (exact) mass is 490 g/mol. The van der Waals surface area contributed by atoms with Crippen molar-refractivity contribution in [3.8, 4) is 5.75 Å². The van der Waals surface area contributed by atoms with Crippen LogP contribution in [0.5, 0.6) is 5.75 Å². The van der Waals surface area contributed by atoms with Gasteiger partial charge < -0.3 is 24.6 Å². The van der Waals surface area contributed by atoms with Gasteiger partial charge in [0.25, 0.3) is 0 Å². The van der Waals surface area contributed by atoms with Crippen LogP contribution in [-0.2, 0) is 9.53 Å². The molecule has 0 bridgehead atoms. The van der Waals surface area contributed by atoms with Crippen LogP contribution in [0.3, 0.4) is 0 Å².